The van der Waals surface area contributed by atoms with Crippen LogP contribution in [0.15, 0.2) is 0 Å². The van der Waals surface area contributed by atoms with Crippen LogP contribution in [-0.2, 0) is 0 Å². The van der Waals surface area contributed by atoms with Crippen LogP contribution in [0.4, 0.5) is 0 Å². The van der Waals surface area contributed by atoms with Crippen molar-refractivity contribution in [1.82, 2.24) is 10.4 Å². The molecule has 0 heterocycles. The van der Waals surface area contributed by atoms with Gasteiger partial charge in [-0.3, -0.25) is 0 Å². The maximum absolute atomic E-state index is 3.22. The molecule has 49 valence electrons. The molecule has 0 saturated heterocycles. The van der Waals surface area contributed by atoms with Crippen LogP contribution in [0, 0.1) is 0 Å². The Hall–Kier alpha value is -0.0800. The van der Waals surface area contributed by atoms with Crippen molar-refractivity contribution in [3.8, 4) is 0 Å². The Labute approximate surface area is 51.8 Å². The van der Waals surface area contributed by atoms with E-state index in [1.807, 2.05) is 19.1 Å². The molecule has 0 bridgehead atoms. The first kappa shape index (κ1) is 7.92. The number of hydrogen-bond acceptors (Lipinski definition) is 2. The lowest BCUT2D eigenvalue weighted by Gasteiger charge is -2.16. The highest BCUT2D eigenvalue weighted by Gasteiger charge is 2.14. The number of rotatable bonds is 1. The zero-order chi connectivity index (χ0) is 6.78. The second-order valence-corrected chi connectivity index (χ2v) is 3.26. The standard InChI is InChI=1S/C6H16N2/c1-6(2,3)7-8(4)5/h7H,1-5H3/q+1. The Kier molecular flexibility index (Phi) is 2.44. The molecule has 0 aliphatic carbocycles. The van der Waals surface area contributed by atoms with E-state index >= 15 is 0 Å². The summed E-state index contributed by atoms with van der Waals surface area (Å²) in [5.41, 5.74) is 3.41. The predicted molar refractivity (Wildman–Crippen MR) is 36.9 cm³/mol. The van der Waals surface area contributed by atoms with Gasteiger partial charge in [0.05, 0.1) is 5.54 Å². The van der Waals surface area contributed by atoms with Crippen LogP contribution in [0.2, 0.25) is 0 Å². The number of nitrogens with one attached hydrogen (secondary N) is 1. The minimum absolute atomic E-state index is 0.198. The Morgan fingerprint density at radius 3 is 1.50 bits per heavy atom. The summed E-state index contributed by atoms with van der Waals surface area (Å²) >= 11 is 0. The maximum Gasteiger partial charge on any atom is 0.134 e. The highest BCUT2D eigenvalue weighted by Crippen LogP contribution is 1.96. The summed E-state index contributed by atoms with van der Waals surface area (Å²) in [5.74, 6) is 0. The first-order chi connectivity index (χ1) is 3.42. The van der Waals surface area contributed by atoms with Gasteiger partial charge in [-0.25, -0.2) is 0 Å². The van der Waals surface area contributed by atoms with Gasteiger partial charge < -0.3 is 0 Å². The molecule has 0 aromatic heterocycles. The van der Waals surface area contributed by atoms with Gasteiger partial charge in [0.15, 0.2) is 0 Å². The lowest BCUT2D eigenvalue weighted by Crippen LogP contribution is -2.48. The van der Waals surface area contributed by atoms with Gasteiger partial charge in [-0.1, -0.05) is 5.01 Å². The van der Waals surface area contributed by atoms with Gasteiger partial charge >= 0.3 is 0 Å². The quantitative estimate of drug-likeness (QED) is 0.394. The van der Waals surface area contributed by atoms with E-state index in [2.05, 4.69) is 26.2 Å². The fourth-order valence-electron chi connectivity index (χ4n) is 0.671. The Morgan fingerprint density at radius 1 is 1.12 bits per heavy atom. The topological polar surface area (TPSA) is 17.9 Å². The van der Waals surface area contributed by atoms with Crippen LogP contribution in [0.25, 0.3) is 0 Å². The lowest BCUT2D eigenvalue weighted by molar-refractivity contribution is 0.289. The first-order valence-electron chi connectivity index (χ1n) is 2.87. The third-order valence-corrected chi connectivity index (χ3v) is 0.559. The van der Waals surface area contributed by atoms with Crippen molar-refractivity contribution in [3.05, 3.63) is 0 Å². The van der Waals surface area contributed by atoms with Crippen molar-refractivity contribution >= 4 is 0 Å². The van der Waals surface area contributed by atoms with Crippen LogP contribution in [0.5, 0.6) is 0 Å². The summed E-state index contributed by atoms with van der Waals surface area (Å²) in [4.78, 5) is 0. The van der Waals surface area contributed by atoms with E-state index < -0.39 is 0 Å². The molecule has 0 unspecified atom stereocenters. The molecule has 1 N–H and O–H groups in total. The summed E-state index contributed by atoms with van der Waals surface area (Å²) in [6, 6.07) is 0. The van der Waals surface area contributed by atoms with Crippen LogP contribution >= 0.6 is 0 Å². The first-order valence-corrected chi connectivity index (χ1v) is 2.87. The van der Waals surface area contributed by atoms with E-state index in [0.717, 1.165) is 0 Å². The third kappa shape index (κ3) is 5.92. The van der Waals surface area contributed by atoms with Crippen molar-refractivity contribution in [2.75, 3.05) is 14.1 Å². The molecule has 0 aromatic rings. The molecular weight excluding hydrogens is 100 g/mol. The molecule has 0 aliphatic rings. The summed E-state index contributed by atoms with van der Waals surface area (Å²) in [6.45, 7) is 6.40. The highest BCUT2D eigenvalue weighted by molar-refractivity contribution is 4.67. The summed E-state index contributed by atoms with van der Waals surface area (Å²) < 4.78 is 0. The van der Waals surface area contributed by atoms with Gasteiger partial charge in [0.25, 0.3) is 0 Å². The molecule has 0 aromatic carbocycles. The molecule has 0 aliphatic heterocycles. The average Bonchev–Trinajstić information content (AvgIpc) is 1.21. The smallest absolute Gasteiger partial charge is 0.114 e. The van der Waals surface area contributed by atoms with Gasteiger partial charge in [-0.2, -0.15) is 0 Å². The van der Waals surface area contributed by atoms with Crippen molar-refractivity contribution in [1.29, 1.82) is 0 Å². The highest BCUT2D eigenvalue weighted by atomic mass is 15.5. The zero-order valence-electron chi connectivity index (χ0n) is 6.45. The molecule has 0 spiro atoms. The molecule has 2 heteroatoms. The summed E-state index contributed by atoms with van der Waals surface area (Å²) in [7, 11) is 3.98. The summed E-state index contributed by atoms with van der Waals surface area (Å²) in [5, 5.41) is 1.96. The average molecular weight is 116 g/mol. The number of hydrazine groups is 1. The van der Waals surface area contributed by atoms with E-state index in [-0.39, 0.29) is 5.54 Å². The predicted octanol–water partition coefficient (Wildman–Crippen LogP) is 0.689. The van der Waals surface area contributed by atoms with E-state index in [0.29, 0.717) is 0 Å². The van der Waals surface area contributed by atoms with Crippen LogP contribution in [0.1, 0.15) is 20.8 Å². The van der Waals surface area contributed by atoms with Crippen molar-refractivity contribution < 1.29 is 0 Å². The van der Waals surface area contributed by atoms with Gasteiger partial charge in [-0.05, 0) is 20.8 Å². The molecular formula is C6H16N2+. The Morgan fingerprint density at radius 2 is 1.50 bits per heavy atom. The number of hydrogen-bond donors (Lipinski definition) is 1. The minimum atomic E-state index is 0.198. The van der Waals surface area contributed by atoms with E-state index in [1.54, 1.807) is 0 Å². The van der Waals surface area contributed by atoms with Crippen LogP contribution in [0.3, 0.4) is 0 Å². The molecule has 0 fully saturated rings. The number of nitrogens with zero attached hydrogens (tertiary/aromatic N) is 1. The fourth-order valence-corrected chi connectivity index (χ4v) is 0.671. The normalized spacial score (nSPS) is 12.8. The Bertz CT molecular complexity index is 61.4. The van der Waals surface area contributed by atoms with Gasteiger partial charge in [-0.15, -0.1) is 5.43 Å². The van der Waals surface area contributed by atoms with E-state index in [1.165, 1.54) is 0 Å². The van der Waals surface area contributed by atoms with Gasteiger partial charge in [0.1, 0.15) is 14.1 Å². The largest absolute Gasteiger partial charge is 0.134 e. The van der Waals surface area contributed by atoms with Crippen LogP contribution < -0.4 is 10.4 Å². The third-order valence-electron chi connectivity index (χ3n) is 0.559. The molecule has 0 atom stereocenters. The van der Waals surface area contributed by atoms with Crippen molar-refractivity contribution in [3.63, 3.8) is 0 Å². The molecule has 0 amide bonds. The molecule has 0 saturated carbocycles. The lowest BCUT2D eigenvalue weighted by atomic mass is 10.1. The zero-order valence-corrected chi connectivity index (χ0v) is 6.45. The fraction of sp³-hybridized carbons (Fsp3) is 1.00. The second-order valence-electron chi connectivity index (χ2n) is 3.26. The van der Waals surface area contributed by atoms with Crippen molar-refractivity contribution in [2.45, 2.75) is 26.3 Å². The van der Waals surface area contributed by atoms with Gasteiger partial charge in [0, 0.05) is 0 Å². The van der Waals surface area contributed by atoms with E-state index in [9.17, 15) is 0 Å². The minimum Gasteiger partial charge on any atom is -0.114 e. The molecule has 2 nitrogen and oxygen atoms in total. The van der Waals surface area contributed by atoms with E-state index in [4.69, 9.17) is 0 Å². The molecule has 8 heavy (non-hydrogen) atoms. The molecule has 0 rings (SSSR count). The Balaban J connectivity index is 3.39. The van der Waals surface area contributed by atoms with Crippen molar-refractivity contribution in [2.24, 2.45) is 0 Å². The summed E-state index contributed by atoms with van der Waals surface area (Å²) in [6.07, 6.45) is 0. The SMILES string of the molecule is C[N+](C)NC(C)(C)C. The second kappa shape index (κ2) is 2.46. The maximum atomic E-state index is 3.22. The monoisotopic (exact) mass is 116 g/mol. The molecule has 1 radical (unpaired) electrons. The van der Waals surface area contributed by atoms with Crippen LogP contribution in [-0.4, -0.2) is 19.6 Å². The van der Waals surface area contributed by atoms with Gasteiger partial charge in [0.2, 0.25) is 0 Å².